The van der Waals surface area contributed by atoms with Gasteiger partial charge in [0.05, 0.1) is 20.2 Å². The fraction of sp³-hybridized carbons (Fsp3) is 0.357. The van der Waals surface area contributed by atoms with Crippen LogP contribution in [0.1, 0.15) is 5.56 Å². The van der Waals surface area contributed by atoms with Crippen molar-refractivity contribution in [3.05, 3.63) is 23.8 Å². The van der Waals surface area contributed by atoms with Crippen LogP contribution in [0.5, 0.6) is 11.5 Å². The Labute approximate surface area is 113 Å². The van der Waals surface area contributed by atoms with Crippen LogP contribution >= 0.6 is 0 Å². The topological polar surface area (TPSA) is 61.8 Å². The van der Waals surface area contributed by atoms with Gasteiger partial charge in [0, 0.05) is 13.6 Å². The molecule has 0 aliphatic rings. The van der Waals surface area contributed by atoms with Gasteiger partial charge in [0.2, 0.25) is 5.91 Å². The van der Waals surface area contributed by atoms with Crippen molar-refractivity contribution < 1.29 is 14.6 Å². The molecule has 1 aromatic rings. The first-order valence-electron chi connectivity index (χ1n) is 5.82. The van der Waals surface area contributed by atoms with Gasteiger partial charge in [-0.2, -0.15) is 0 Å². The molecule has 0 spiro atoms. The van der Waals surface area contributed by atoms with Crippen LogP contribution in [0.4, 0.5) is 0 Å². The third-order valence-electron chi connectivity index (χ3n) is 2.59. The number of phenolic OH excluding ortho intramolecular Hbond substituents is 1. The molecule has 19 heavy (non-hydrogen) atoms. The number of hydrogen-bond donors (Lipinski definition) is 2. The molecule has 1 aromatic carbocycles. The van der Waals surface area contributed by atoms with Gasteiger partial charge in [-0.05, 0) is 17.7 Å². The Hall–Kier alpha value is -2.19. The van der Waals surface area contributed by atoms with Gasteiger partial charge in [0.25, 0.3) is 0 Å². The molecule has 2 N–H and O–H groups in total. The number of benzene rings is 1. The van der Waals surface area contributed by atoms with E-state index >= 15 is 0 Å². The van der Waals surface area contributed by atoms with Crippen molar-refractivity contribution in [3.8, 4) is 23.8 Å². The van der Waals surface area contributed by atoms with Gasteiger partial charge in [-0.3, -0.25) is 10.1 Å². The van der Waals surface area contributed by atoms with Crippen LogP contribution in [-0.4, -0.2) is 43.2 Å². The van der Waals surface area contributed by atoms with Crippen LogP contribution < -0.4 is 10.1 Å². The lowest BCUT2D eigenvalue weighted by Crippen LogP contribution is -2.35. The van der Waals surface area contributed by atoms with Gasteiger partial charge in [-0.15, -0.1) is 6.42 Å². The van der Waals surface area contributed by atoms with Gasteiger partial charge < -0.3 is 14.7 Å². The third kappa shape index (κ3) is 4.53. The van der Waals surface area contributed by atoms with Crippen molar-refractivity contribution in [2.75, 3.05) is 27.2 Å². The summed E-state index contributed by atoms with van der Waals surface area (Å²) in [5.74, 6) is 2.83. The van der Waals surface area contributed by atoms with Crippen molar-refractivity contribution in [1.82, 2.24) is 10.2 Å². The van der Waals surface area contributed by atoms with Crippen molar-refractivity contribution >= 4 is 5.91 Å². The lowest BCUT2D eigenvalue weighted by molar-refractivity contribution is -0.129. The highest BCUT2D eigenvalue weighted by atomic mass is 16.5. The van der Waals surface area contributed by atoms with E-state index in [4.69, 9.17) is 11.2 Å². The number of aromatic hydroxyl groups is 1. The number of terminal acetylenes is 1. The molecule has 0 atom stereocenters. The van der Waals surface area contributed by atoms with E-state index in [1.807, 2.05) is 0 Å². The van der Waals surface area contributed by atoms with E-state index in [1.54, 1.807) is 30.1 Å². The number of phenols is 1. The second-order valence-electron chi connectivity index (χ2n) is 4.06. The van der Waals surface area contributed by atoms with E-state index in [-0.39, 0.29) is 18.2 Å². The van der Waals surface area contributed by atoms with Gasteiger partial charge in [-0.1, -0.05) is 12.0 Å². The first-order valence-corrected chi connectivity index (χ1v) is 5.82. The quantitative estimate of drug-likeness (QED) is 0.581. The minimum absolute atomic E-state index is 0.0534. The van der Waals surface area contributed by atoms with Crippen molar-refractivity contribution in [2.24, 2.45) is 0 Å². The van der Waals surface area contributed by atoms with Crippen LogP contribution in [0.3, 0.4) is 0 Å². The molecule has 5 heteroatoms. The Morgan fingerprint density at radius 2 is 2.32 bits per heavy atom. The van der Waals surface area contributed by atoms with Gasteiger partial charge >= 0.3 is 0 Å². The number of nitrogens with one attached hydrogen (secondary N) is 1. The van der Waals surface area contributed by atoms with Crippen LogP contribution in [0, 0.1) is 12.3 Å². The summed E-state index contributed by atoms with van der Waals surface area (Å²) in [6.07, 6.45) is 5.09. The SMILES string of the molecule is C#CCNCC(=O)N(C)Cc1ccc(O)c(OC)c1. The molecule has 0 aromatic heterocycles. The summed E-state index contributed by atoms with van der Waals surface area (Å²) in [6, 6.07) is 4.99. The predicted molar refractivity (Wildman–Crippen MR) is 72.8 cm³/mol. The molecule has 0 fully saturated rings. The van der Waals surface area contributed by atoms with Crippen LogP contribution in [0.15, 0.2) is 18.2 Å². The molecule has 5 nitrogen and oxygen atoms in total. The minimum atomic E-state index is -0.0534. The Balaban J connectivity index is 2.59. The molecule has 0 aliphatic carbocycles. The maximum Gasteiger partial charge on any atom is 0.236 e. The van der Waals surface area contributed by atoms with Crippen LogP contribution in [0.25, 0.3) is 0 Å². The summed E-state index contributed by atoms with van der Waals surface area (Å²) in [4.78, 5) is 13.3. The number of carbonyl (C=O) groups is 1. The average Bonchev–Trinajstić information content (AvgIpc) is 2.41. The first-order chi connectivity index (χ1) is 9.08. The highest BCUT2D eigenvalue weighted by molar-refractivity contribution is 5.78. The Morgan fingerprint density at radius 3 is 2.95 bits per heavy atom. The summed E-state index contributed by atoms with van der Waals surface area (Å²) >= 11 is 0. The van der Waals surface area contributed by atoms with Gasteiger partial charge in [0.15, 0.2) is 11.5 Å². The standard InChI is InChI=1S/C14H18N2O3/c1-4-7-15-9-14(18)16(2)10-11-5-6-12(17)13(8-11)19-3/h1,5-6,8,15,17H,7,9-10H2,2-3H3. The van der Waals surface area contributed by atoms with E-state index in [2.05, 4.69) is 11.2 Å². The molecular formula is C14H18N2O3. The lowest BCUT2D eigenvalue weighted by Gasteiger charge is -2.18. The van der Waals surface area contributed by atoms with E-state index in [1.165, 1.54) is 7.11 Å². The fourth-order valence-electron chi connectivity index (χ4n) is 1.56. The molecule has 0 aliphatic heterocycles. The number of hydrogen-bond acceptors (Lipinski definition) is 4. The van der Waals surface area contributed by atoms with Crippen molar-refractivity contribution in [3.63, 3.8) is 0 Å². The first kappa shape index (κ1) is 14.9. The number of ether oxygens (including phenoxy) is 1. The molecule has 1 amide bonds. The van der Waals surface area contributed by atoms with E-state index < -0.39 is 0 Å². The summed E-state index contributed by atoms with van der Waals surface area (Å²) in [6.45, 7) is 1.01. The van der Waals surface area contributed by atoms with Gasteiger partial charge in [-0.25, -0.2) is 0 Å². The molecule has 0 radical (unpaired) electrons. The van der Waals surface area contributed by atoms with E-state index in [0.717, 1.165) is 5.56 Å². The normalized spacial score (nSPS) is 9.74. The number of carbonyl (C=O) groups excluding carboxylic acids is 1. The second-order valence-corrected chi connectivity index (χ2v) is 4.06. The van der Waals surface area contributed by atoms with E-state index in [0.29, 0.717) is 18.8 Å². The maximum atomic E-state index is 11.8. The third-order valence-corrected chi connectivity index (χ3v) is 2.59. The lowest BCUT2D eigenvalue weighted by atomic mass is 10.2. The molecular weight excluding hydrogens is 244 g/mol. The monoisotopic (exact) mass is 262 g/mol. The molecule has 0 unspecified atom stereocenters. The predicted octanol–water partition coefficient (Wildman–Crippen LogP) is 0.582. The van der Waals surface area contributed by atoms with Gasteiger partial charge in [0.1, 0.15) is 0 Å². The molecule has 0 saturated carbocycles. The van der Waals surface area contributed by atoms with E-state index in [9.17, 15) is 9.90 Å². The number of nitrogens with zero attached hydrogens (tertiary/aromatic N) is 1. The molecule has 0 saturated heterocycles. The zero-order valence-electron chi connectivity index (χ0n) is 11.1. The van der Waals surface area contributed by atoms with Crippen LogP contribution in [-0.2, 0) is 11.3 Å². The average molecular weight is 262 g/mol. The molecule has 0 bridgehead atoms. The zero-order valence-corrected chi connectivity index (χ0v) is 11.1. The maximum absolute atomic E-state index is 11.8. The Kier molecular flexibility index (Phi) is 5.71. The minimum Gasteiger partial charge on any atom is -0.504 e. The highest BCUT2D eigenvalue weighted by Crippen LogP contribution is 2.26. The van der Waals surface area contributed by atoms with Crippen molar-refractivity contribution in [1.29, 1.82) is 0 Å². The fourth-order valence-corrected chi connectivity index (χ4v) is 1.56. The summed E-state index contributed by atoms with van der Waals surface area (Å²) in [5.41, 5.74) is 0.877. The number of likely N-dealkylation sites (N-methyl/N-ethyl adjacent to an activating group) is 1. The summed E-state index contributed by atoms with van der Waals surface area (Å²) < 4.78 is 5.02. The van der Waals surface area contributed by atoms with Crippen LogP contribution in [0.2, 0.25) is 0 Å². The molecule has 102 valence electrons. The van der Waals surface area contributed by atoms with Crippen molar-refractivity contribution in [2.45, 2.75) is 6.54 Å². The Bertz CT molecular complexity index is 480. The number of methoxy groups -OCH3 is 1. The number of amides is 1. The molecule has 1 rings (SSSR count). The molecule has 0 heterocycles. The number of rotatable bonds is 6. The summed E-state index contributed by atoms with van der Waals surface area (Å²) in [5, 5.41) is 12.3. The Morgan fingerprint density at radius 1 is 1.58 bits per heavy atom. The summed E-state index contributed by atoms with van der Waals surface area (Å²) in [7, 11) is 3.19. The second kappa shape index (κ2) is 7.29. The smallest absolute Gasteiger partial charge is 0.236 e. The largest absolute Gasteiger partial charge is 0.504 e. The highest BCUT2D eigenvalue weighted by Gasteiger charge is 2.10. The zero-order chi connectivity index (χ0) is 14.3.